The molecule has 9 heteroatoms. The van der Waals surface area contributed by atoms with Crippen molar-refractivity contribution in [1.82, 2.24) is 14.9 Å². The summed E-state index contributed by atoms with van der Waals surface area (Å²) in [6.07, 6.45) is 6.67. The maximum Gasteiger partial charge on any atom is 0.255 e. The van der Waals surface area contributed by atoms with Crippen molar-refractivity contribution in [2.75, 3.05) is 24.7 Å². The largest absolute Gasteiger partial charge is 0.455 e. The SMILES string of the molecule is CNC(=O)c1c(-c2ccc(C)cc2)oc2cc(N(C)S(C)(=O)=O)c(-c3ccc4c(ccn4-c4cccnc4)c3)cc12. The highest BCUT2D eigenvalue weighted by atomic mass is 32.2. The van der Waals surface area contributed by atoms with Gasteiger partial charge in [-0.05, 0) is 48.9 Å². The number of rotatable bonds is 6. The van der Waals surface area contributed by atoms with Crippen LogP contribution in [0.25, 0.3) is 50.0 Å². The Bertz CT molecular complexity index is 2040. The lowest BCUT2D eigenvalue weighted by Crippen LogP contribution is -2.25. The molecule has 8 nitrogen and oxygen atoms in total. The zero-order chi connectivity index (χ0) is 28.9. The minimum absolute atomic E-state index is 0.293. The molecule has 0 atom stereocenters. The second-order valence-electron chi connectivity index (χ2n) is 10.0. The standard InChI is InChI=1S/C32H28N4O4S/c1-20-7-9-21(10-8-20)31-30(32(37)33-2)26-17-25(28(18-29(26)40-31)35(3)41(4,38)39)22-11-12-27-23(16-22)13-15-36(27)24-6-5-14-34-19-24/h5-19H,1-4H3,(H,33,37). The second-order valence-corrected chi connectivity index (χ2v) is 12.0. The third-order valence-electron chi connectivity index (χ3n) is 7.34. The van der Waals surface area contributed by atoms with E-state index in [-0.39, 0.29) is 5.91 Å². The lowest BCUT2D eigenvalue weighted by Gasteiger charge is -2.21. The number of pyridine rings is 1. The fraction of sp³-hybridized carbons (Fsp3) is 0.125. The molecule has 0 unspecified atom stereocenters. The molecular weight excluding hydrogens is 536 g/mol. The Morgan fingerprint density at radius 1 is 1.00 bits per heavy atom. The summed E-state index contributed by atoms with van der Waals surface area (Å²) in [6, 6.07) is 23.1. The molecule has 41 heavy (non-hydrogen) atoms. The molecule has 0 saturated heterocycles. The number of nitrogens with one attached hydrogen (secondary N) is 1. The normalized spacial score (nSPS) is 11.7. The van der Waals surface area contributed by atoms with Gasteiger partial charge in [0.1, 0.15) is 11.3 Å². The van der Waals surface area contributed by atoms with Crippen LogP contribution < -0.4 is 9.62 Å². The molecular formula is C32H28N4O4S. The van der Waals surface area contributed by atoms with Crippen LogP contribution in [-0.2, 0) is 10.0 Å². The third-order valence-corrected chi connectivity index (χ3v) is 8.53. The summed E-state index contributed by atoms with van der Waals surface area (Å²) >= 11 is 0. The van der Waals surface area contributed by atoms with Crippen molar-refractivity contribution in [3.8, 4) is 28.1 Å². The number of anilines is 1. The molecule has 3 aromatic carbocycles. The zero-order valence-corrected chi connectivity index (χ0v) is 23.9. The highest BCUT2D eigenvalue weighted by Crippen LogP contribution is 2.42. The predicted molar refractivity (Wildman–Crippen MR) is 163 cm³/mol. The molecule has 1 amide bonds. The molecule has 0 fully saturated rings. The number of furan rings is 1. The lowest BCUT2D eigenvalue weighted by atomic mass is 9.97. The number of aromatic nitrogens is 2. The van der Waals surface area contributed by atoms with Gasteiger partial charge in [-0.3, -0.25) is 14.1 Å². The molecule has 206 valence electrons. The first-order chi connectivity index (χ1) is 19.7. The monoisotopic (exact) mass is 564 g/mol. The van der Waals surface area contributed by atoms with Gasteiger partial charge in [-0.1, -0.05) is 35.9 Å². The van der Waals surface area contributed by atoms with Crippen LogP contribution in [0.4, 0.5) is 5.69 Å². The summed E-state index contributed by atoms with van der Waals surface area (Å²) in [5.74, 6) is 0.131. The molecule has 0 aliphatic rings. The predicted octanol–water partition coefficient (Wildman–Crippen LogP) is 6.17. The van der Waals surface area contributed by atoms with Crippen molar-refractivity contribution in [3.63, 3.8) is 0 Å². The summed E-state index contributed by atoms with van der Waals surface area (Å²) in [5, 5.41) is 4.29. The molecule has 3 heterocycles. The summed E-state index contributed by atoms with van der Waals surface area (Å²) in [5.41, 5.74) is 6.46. The maximum absolute atomic E-state index is 13.2. The van der Waals surface area contributed by atoms with Crippen molar-refractivity contribution >= 4 is 43.5 Å². The van der Waals surface area contributed by atoms with E-state index in [1.165, 1.54) is 11.4 Å². The van der Waals surface area contributed by atoms with E-state index in [0.29, 0.717) is 33.5 Å². The number of hydrogen-bond donors (Lipinski definition) is 1. The Labute approximate surface area is 237 Å². The molecule has 6 rings (SSSR count). The Morgan fingerprint density at radius 2 is 1.76 bits per heavy atom. The van der Waals surface area contributed by atoms with E-state index >= 15 is 0 Å². The fourth-order valence-corrected chi connectivity index (χ4v) is 5.60. The highest BCUT2D eigenvalue weighted by Gasteiger charge is 2.26. The number of carbonyl (C=O) groups excluding carboxylic acids is 1. The number of nitrogens with zero attached hydrogens (tertiary/aromatic N) is 3. The molecule has 6 aromatic rings. The van der Waals surface area contributed by atoms with Gasteiger partial charge in [-0.25, -0.2) is 8.42 Å². The molecule has 3 aromatic heterocycles. The van der Waals surface area contributed by atoms with E-state index in [4.69, 9.17) is 4.42 Å². The number of amides is 1. The van der Waals surface area contributed by atoms with Gasteiger partial charge < -0.3 is 14.3 Å². The number of fused-ring (bicyclic) bond motifs is 2. The van der Waals surface area contributed by atoms with Crippen molar-refractivity contribution < 1.29 is 17.6 Å². The second kappa shape index (κ2) is 9.94. The minimum Gasteiger partial charge on any atom is -0.455 e. The molecule has 0 radical (unpaired) electrons. The first-order valence-corrected chi connectivity index (χ1v) is 14.9. The Morgan fingerprint density at radius 3 is 2.44 bits per heavy atom. The molecule has 0 spiro atoms. The maximum atomic E-state index is 13.2. The van der Waals surface area contributed by atoms with Crippen molar-refractivity contribution in [2.45, 2.75) is 6.92 Å². The van der Waals surface area contributed by atoms with Gasteiger partial charge in [0, 0.05) is 54.5 Å². The van der Waals surface area contributed by atoms with Crippen LogP contribution in [0, 0.1) is 6.92 Å². The van der Waals surface area contributed by atoms with Gasteiger partial charge in [0.2, 0.25) is 10.0 Å². The van der Waals surface area contributed by atoms with Crippen molar-refractivity contribution in [3.05, 3.63) is 103 Å². The summed E-state index contributed by atoms with van der Waals surface area (Å²) < 4.78 is 35.0. The molecule has 0 aliphatic heterocycles. The number of carbonyl (C=O) groups is 1. The quantitative estimate of drug-likeness (QED) is 0.261. The zero-order valence-electron chi connectivity index (χ0n) is 23.0. The number of aryl methyl sites for hydroxylation is 1. The van der Waals surface area contributed by atoms with E-state index in [9.17, 15) is 13.2 Å². The van der Waals surface area contributed by atoms with Gasteiger partial charge in [-0.2, -0.15) is 0 Å². The topological polar surface area (TPSA) is 97.4 Å². The van der Waals surface area contributed by atoms with Crippen LogP contribution in [-0.4, -0.2) is 44.2 Å². The van der Waals surface area contributed by atoms with Gasteiger partial charge in [-0.15, -0.1) is 0 Å². The van der Waals surface area contributed by atoms with Crippen LogP contribution in [0.15, 0.2) is 95.8 Å². The van der Waals surface area contributed by atoms with Crippen molar-refractivity contribution in [2.24, 2.45) is 0 Å². The molecule has 1 N–H and O–H groups in total. The van der Waals surface area contributed by atoms with Crippen LogP contribution in [0.5, 0.6) is 0 Å². The average molecular weight is 565 g/mol. The van der Waals surface area contributed by atoms with Crippen LogP contribution in [0.3, 0.4) is 0 Å². The van der Waals surface area contributed by atoms with E-state index in [0.717, 1.165) is 39.5 Å². The average Bonchev–Trinajstić information content (AvgIpc) is 3.57. The first kappa shape index (κ1) is 26.3. The van der Waals surface area contributed by atoms with E-state index in [1.807, 2.05) is 84.4 Å². The number of hydrogen-bond acceptors (Lipinski definition) is 5. The van der Waals surface area contributed by atoms with E-state index < -0.39 is 10.0 Å². The minimum atomic E-state index is -3.61. The molecule has 0 aliphatic carbocycles. The van der Waals surface area contributed by atoms with Gasteiger partial charge in [0.15, 0.2) is 0 Å². The van der Waals surface area contributed by atoms with Gasteiger partial charge >= 0.3 is 0 Å². The summed E-state index contributed by atoms with van der Waals surface area (Å²) in [7, 11) is -0.518. The summed E-state index contributed by atoms with van der Waals surface area (Å²) in [6.45, 7) is 1.99. The smallest absolute Gasteiger partial charge is 0.255 e. The van der Waals surface area contributed by atoms with Crippen LogP contribution in [0.1, 0.15) is 15.9 Å². The summed E-state index contributed by atoms with van der Waals surface area (Å²) in [4.78, 5) is 17.4. The fourth-order valence-electron chi connectivity index (χ4n) is 5.09. The van der Waals surface area contributed by atoms with Crippen molar-refractivity contribution in [1.29, 1.82) is 0 Å². The van der Waals surface area contributed by atoms with Crippen LogP contribution >= 0.6 is 0 Å². The Hall–Kier alpha value is -4.89. The Kier molecular flexibility index (Phi) is 6.38. The van der Waals surface area contributed by atoms with Crippen LogP contribution in [0.2, 0.25) is 0 Å². The van der Waals surface area contributed by atoms with Gasteiger partial charge in [0.25, 0.3) is 5.91 Å². The lowest BCUT2D eigenvalue weighted by molar-refractivity contribution is 0.0964. The van der Waals surface area contributed by atoms with E-state index in [1.54, 1.807) is 25.5 Å². The van der Waals surface area contributed by atoms with E-state index in [2.05, 4.69) is 10.3 Å². The first-order valence-electron chi connectivity index (χ1n) is 13.0. The Balaban J connectivity index is 1.61. The molecule has 0 saturated carbocycles. The molecule has 0 bridgehead atoms. The highest BCUT2D eigenvalue weighted by molar-refractivity contribution is 7.92. The third kappa shape index (κ3) is 4.64. The number of benzene rings is 3. The number of sulfonamides is 1. The van der Waals surface area contributed by atoms with Gasteiger partial charge in [0.05, 0.1) is 34.9 Å².